The molecule has 0 aliphatic heterocycles. The Kier molecular flexibility index (Phi) is 8.28. The van der Waals surface area contributed by atoms with E-state index < -0.39 is 0 Å². The van der Waals surface area contributed by atoms with Gasteiger partial charge in [-0.15, -0.1) is 0 Å². The first-order chi connectivity index (χ1) is 9.76. The first-order valence-electron chi connectivity index (χ1n) is 7.98. The first kappa shape index (κ1) is 17.0. The number of aromatic nitrogens is 1. The average Bonchev–Trinajstić information content (AvgIpc) is 2.50. The van der Waals surface area contributed by atoms with Gasteiger partial charge in [0.25, 0.3) is 0 Å². The van der Waals surface area contributed by atoms with Crippen LogP contribution in [0.5, 0.6) is 5.88 Å². The number of nitrogens with one attached hydrogen (secondary N) is 1. The van der Waals surface area contributed by atoms with Crippen molar-refractivity contribution in [1.82, 2.24) is 10.3 Å². The highest BCUT2D eigenvalue weighted by molar-refractivity contribution is 5.29. The van der Waals surface area contributed by atoms with Crippen LogP contribution in [0.4, 0.5) is 0 Å². The van der Waals surface area contributed by atoms with Crippen molar-refractivity contribution < 1.29 is 4.74 Å². The smallest absolute Gasteiger partial charge is 0.217 e. The third-order valence-corrected chi connectivity index (χ3v) is 3.93. The van der Waals surface area contributed by atoms with E-state index in [1.165, 1.54) is 31.2 Å². The molecule has 1 heterocycles. The predicted molar refractivity (Wildman–Crippen MR) is 85.1 cm³/mol. The normalized spacial score (nSPS) is 14.0. The van der Waals surface area contributed by atoms with E-state index in [1.807, 2.05) is 6.07 Å². The molecule has 0 saturated heterocycles. The Hall–Kier alpha value is -1.09. The van der Waals surface area contributed by atoms with E-state index >= 15 is 0 Å². The summed E-state index contributed by atoms with van der Waals surface area (Å²) in [5.74, 6) is 1.52. The molecule has 1 aromatic heterocycles. The summed E-state index contributed by atoms with van der Waals surface area (Å²) in [7, 11) is 1.70. The van der Waals surface area contributed by atoms with Gasteiger partial charge in [-0.05, 0) is 24.9 Å². The molecule has 3 nitrogen and oxygen atoms in total. The maximum atomic E-state index is 5.42. The maximum absolute atomic E-state index is 5.42. The van der Waals surface area contributed by atoms with Crippen molar-refractivity contribution in [2.75, 3.05) is 13.7 Å². The van der Waals surface area contributed by atoms with Crippen LogP contribution in [0, 0.1) is 5.92 Å². The minimum atomic E-state index is 0.338. The third-order valence-electron chi connectivity index (χ3n) is 3.93. The summed E-state index contributed by atoms with van der Waals surface area (Å²) < 4.78 is 5.42. The summed E-state index contributed by atoms with van der Waals surface area (Å²) in [6, 6.07) is 4.46. The van der Waals surface area contributed by atoms with E-state index in [-0.39, 0.29) is 0 Å². The van der Waals surface area contributed by atoms with E-state index in [9.17, 15) is 0 Å². The summed E-state index contributed by atoms with van der Waals surface area (Å²) >= 11 is 0. The lowest BCUT2D eigenvalue weighted by Gasteiger charge is -2.24. The number of hydrogen-bond donors (Lipinski definition) is 1. The lowest BCUT2D eigenvalue weighted by Crippen LogP contribution is -2.24. The predicted octanol–water partition coefficient (Wildman–Crippen LogP) is 4.35. The Morgan fingerprint density at radius 2 is 2.10 bits per heavy atom. The van der Waals surface area contributed by atoms with Gasteiger partial charge in [-0.3, -0.25) is 0 Å². The zero-order valence-electron chi connectivity index (χ0n) is 13.5. The molecule has 0 aliphatic carbocycles. The minimum Gasteiger partial charge on any atom is -0.481 e. The summed E-state index contributed by atoms with van der Waals surface area (Å²) in [6.07, 6.45) is 8.11. The largest absolute Gasteiger partial charge is 0.481 e. The molecular weight excluding hydrogens is 248 g/mol. The molecule has 3 heteroatoms. The molecular formula is C17H30N2O. The zero-order chi connectivity index (χ0) is 14.8. The molecule has 114 valence electrons. The first-order valence-corrected chi connectivity index (χ1v) is 7.98. The van der Waals surface area contributed by atoms with Crippen molar-refractivity contribution in [1.29, 1.82) is 0 Å². The van der Waals surface area contributed by atoms with Crippen molar-refractivity contribution >= 4 is 0 Å². The summed E-state index contributed by atoms with van der Waals surface area (Å²) in [6.45, 7) is 7.68. The Morgan fingerprint density at radius 3 is 2.70 bits per heavy atom. The molecule has 0 bridgehead atoms. The van der Waals surface area contributed by atoms with E-state index in [4.69, 9.17) is 4.74 Å². The Labute approximate surface area is 124 Å². The van der Waals surface area contributed by atoms with Gasteiger partial charge in [0.2, 0.25) is 5.88 Å². The highest BCUT2D eigenvalue weighted by Crippen LogP contribution is 2.30. The topological polar surface area (TPSA) is 34.2 Å². The molecule has 0 amide bonds. The van der Waals surface area contributed by atoms with Gasteiger partial charge in [-0.25, -0.2) is 4.98 Å². The van der Waals surface area contributed by atoms with Crippen LogP contribution < -0.4 is 10.1 Å². The van der Waals surface area contributed by atoms with Crippen LogP contribution in [-0.2, 0) is 0 Å². The second kappa shape index (κ2) is 9.76. The minimum absolute atomic E-state index is 0.338. The number of pyridine rings is 1. The van der Waals surface area contributed by atoms with Crippen LogP contribution in [0.2, 0.25) is 0 Å². The Balaban J connectivity index is 2.81. The maximum Gasteiger partial charge on any atom is 0.217 e. The molecule has 2 unspecified atom stereocenters. The molecule has 0 aromatic carbocycles. The van der Waals surface area contributed by atoms with Gasteiger partial charge in [0.15, 0.2) is 0 Å². The van der Waals surface area contributed by atoms with Crippen LogP contribution in [0.1, 0.15) is 64.5 Å². The molecule has 0 radical (unpaired) electrons. The molecule has 0 aliphatic rings. The molecule has 1 rings (SSSR count). The van der Waals surface area contributed by atoms with Crippen molar-refractivity contribution in [3.05, 3.63) is 23.9 Å². The Morgan fingerprint density at radius 1 is 1.30 bits per heavy atom. The summed E-state index contributed by atoms with van der Waals surface area (Å²) in [5.41, 5.74) is 1.19. The Bertz CT molecular complexity index is 368. The molecule has 2 atom stereocenters. The van der Waals surface area contributed by atoms with Gasteiger partial charge in [-0.1, -0.05) is 52.5 Å². The molecule has 0 saturated carbocycles. The fourth-order valence-corrected chi connectivity index (χ4v) is 2.72. The van der Waals surface area contributed by atoms with Crippen LogP contribution in [0.25, 0.3) is 0 Å². The number of nitrogens with zero attached hydrogens (tertiary/aromatic N) is 1. The lowest BCUT2D eigenvalue weighted by molar-refractivity contribution is 0.339. The number of hydrogen-bond acceptors (Lipinski definition) is 3. The average molecular weight is 278 g/mol. The number of methoxy groups -OCH3 is 1. The molecule has 20 heavy (non-hydrogen) atoms. The third kappa shape index (κ3) is 5.12. The zero-order valence-corrected chi connectivity index (χ0v) is 13.5. The molecule has 0 spiro atoms. The van der Waals surface area contributed by atoms with Crippen LogP contribution in [-0.4, -0.2) is 18.6 Å². The van der Waals surface area contributed by atoms with Crippen molar-refractivity contribution in [3.63, 3.8) is 0 Å². The van der Waals surface area contributed by atoms with E-state index in [2.05, 4.69) is 37.1 Å². The second-order valence-electron chi connectivity index (χ2n) is 5.36. The monoisotopic (exact) mass is 278 g/mol. The fourth-order valence-electron chi connectivity index (χ4n) is 2.72. The van der Waals surface area contributed by atoms with Crippen LogP contribution >= 0.6 is 0 Å². The quantitative estimate of drug-likeness (QED) is 0.691. The van der Waals surface area contributed by atoms with Crippen molar-refractivity contribution in [2.24, 2.45) is 5.92 Å². The van der Waals surface area contributed by atoms with E-state index in [0.29, 0.717) is 6.04 Å². The number of unbranched alkanes of at least 4 members (excludes halogenated alkanes) is 1. The standard InChI is InChI=1S/C17H30N2O/c1-5-8-10-14(6-2)13-16(18-7-3)15-11-9-12-19-17(15)20-4/h9,11-12,14,16,18H,5-8,10,13H2,1-4H3. The highest BCUT2D eigenvalue weighted by Gasteiger charge is 2.19. The van der Waals surface area contributed by atoms with E-state index in [0.717, 1.165) is 24.8 Å². The van der Waals surface area contributed by atoms with Gasteiger partial charge >= 0.3 is 0 Å². The number of ether oxygens (including phenoxy) is 1. The SMILES string of the molecule is CCCCC(CC)CC(NCC)c1cccnc1OC. The van der Waals surface area contributed by atoms with Crippen molar-refractivity contribution in [2.45, 2.75) is 58.9 Å². The van der Waals surface area contributed by atoms with Crippen molar-refractivity contribution in [3.8, 4) is 5.88 Å². The van der Waals surface area contributed by atoms with E-state index in [1.54, 1.807) is 13.3 Å². The van der Waals surface area contributed by atoms with Gasteiger partial charge in [0.05, 0.1) is 7.11 Å². The van der Waals surface area contributed by atoms with Crippen LogP contribution in [0.15, 0.2) is 18.3 Å². The second-order valence-corrected chi connectivity index (χ2v) is 5.36. The van der Waals surface area contributed by atoms with Gasteiger partial charge in [-0.2, -0.15) is 0 Å². The van der Waals surface area contributed by atoms with Gasteiger partial charge < -0.3 is 10.1 Å². The highest BCUT2D eigenvalue weighted by atomic mass is 16.5. The van der Waals surface area contributed by atoms with Crippen LogP contribution in [0.3, 0.4) is 0 Å². The summed E-state index contributed by atoms with van der Waals surface area (Å²) in [4.78, 5) is 4.33. The fraction of sp³-hybridized carbons (Fsp3) is 0.706. The summed E-state index contributed by atoms with van der Waals surface area (Å²) in [5, 5.41) is 3.59. The lowest BCUT2D eigenvalue weighted by atomic mass is 9.89. The number of rotatable bonds is 10. The molecule has 1 N–H and O–H groups in total. The molecule has 0 fully saturated rings. The van der Waals surface area contributed by atoms with Gasteiger partial charge in [0.1, 0.15) is 0 Å². The molecule has 1 aromatic rings. The van der Waals surface area contributed by atoms with Gasteiger partial charge in [0, 0.05) is 17.8 Å².